The van der Waals surface area contributed by atoms with Crippen LogP contribution in [0.1, 0.15) is 101 Å². The van der Waals surface area contributed by atoms with E-state index in [1.165, 1.54) is 88.2 Å². The molecule has 2 fully saturated rings. The SMILES string of the molecule is C(=NCCCOCc1ccc(C2CCCCCCC2)cc1)=NC1CCCCC1. The van der Waals surface area contributed by atoms with E-state index in [1.807, 2.05) is 0 Å². The second kappa shape index (κ2) is 12.9. The smallest absolute Gasteiger partial charge is 0.0895 e. The van der Waals surface area contributed by atoms with Gasteiger partial charge in [0.25, 0.3) is 0 Å². The molecule has 154 valence electrons. The Labute approximate surface area is 171 Å². The average molecular weight is 383 g/mol. The fourth-order valence-electron chi connectivity index (χ4n) is 4.49. The number of nitrogens with zero attached hydrogens (tertiary/aromatic N) is 2. The van der Waals surface area contributed by atoms with Crippen molar-refractivity contribution in [1.29, 1.82) is 0 Å². The van der Waals surface area contributed by atoms with E-state index in [9.17, 15) is 0 Å². The summed E-state index contributed by atoms with van der Waals surface area (Å²) in [6.07, 6.45) is 17.1. The first-order chi connectivity index (χ1) is 13.9. The monoisotopic (exact) mass is 382 g/mol. The minimum Gasteiger partial charge on any atom is -0.377 e. The number of ether oxygens (including phenoxy) is 1. The zero-order valence-corrected chi connectivity index (χ0v) is 17.6. The summed E-state index contributed by atoms with van der Waals surface area (Å²) in [4.78, 5) is 8.74. The number of aliphatic imine (C=N–C) groups is 2. The van der Waals surface area contributed by atoms with E-state index in [0.717, 1.165) is 25.5 Å². The second-order valence-electron chi connectivity index (χ2n) is 8.59. The minimum absolute atomic E-state index is 0.471. The van der Waals surface area contributed by atoms with Crippen molar-refractivity contribution in [3.8, 4) is 0 Å². The summed E-state index contributed by atoms with van der Waals surface area (Å²) in [7, 11) is 0. The molecule has 0 atom stereocenters. The van der Waals surface area contributed by atoms with Crippen LogP contribution in [0, 0.1) is 0 Å². The van der Waals surface area contributed by atoms with Crippen molar-refractivity contribution < 1.29 is 4.74 Å². The summed E-state index contributed by atoms with van der Waals surface area (Å²) in [5, 5.41) is 0. The Morgan fingerprint density at radius 3 is 2.21 bits per heavy atom. The Morgan fingerprint density at radius 1 is 0.821 bits per heavy atom. The fourth-order valence-corrected chi connectivity index (χ4v) is 4.49. The fraction of sp³-hybridized carbons (Fsp3) is 0.720. The molecular formula is C25H38N2O. The first-order valence-corrected chi connectivity index (χ1v) is 11.7. The Balaban J connectivity index is 1.30. The lowest BCUT2D eigenvalue weighted by atomic mass is 9.86. The van der Waals surface area contributed by atoms with Gasteiger partial charge in [-0.1, -0.05) is 75.6 Å². The highest BCUT2D eigenvalue weighted by molar-refractivity contribution is 5.41. The lowest BCUT2D eigenvalue weighted by Crippen LogP contribution is -2.08. The molecule has 28 heavy (non-hydrogen) atoms. The van der Waals surface area contributed by atoms with Crippen LogP contribution in [0.4, 0.5) is 0 Å². The molecule has 0 bridgehead atoms. The van der Waals surface area contributed by atoms with Gasteiger partial charge in [0, 0.05) is 6.61 Å². The third kappa shape index (κ3) is 7.89. The molecule has 1 aromatic rings. The highest BCUT2D eigenvalue weighted by atomic mass is 16.5. The molecule has 3 nitrogen and oxygen atoms in total. The van der Waals surface area contributed by atoms with Crippen molar-refractivity contribution in [3.05, 3.63) is 35.4 Å². The highest BCUT2D eigenvalue weighted by Crippen LogP contribution is 2.31. The third-order valence-electron chi connectivity index (χ3n) is 6.27. The Hall–Kier alpha value is -1.44. The van der Waals surface area contributed by atoms with Gasteiger partial charge in [-0.05, 0) is 49.1 Å². The number of hydrogen-bond acceptors (Lipinski definition) is 3. The molecule has 0 saturated heterocycles. The predicted molar refractivity (Wildman–Crippen MR) is 117 cm³/mol. The van der Waals surface area contributed by atoms with Crippen LogP contribution in [0.25, 0.3) is 0 Å². The van der Waals surface area contributed by atoms with Crippen LogP contribution < -0.4 is 0 Å². The van der Waals surface area contributed by atoms with Gasteiger partial charge in [-0.25, -0.2) is 9.98 Å². The van der Waals surface area contributed by atoms with Crippen LogP contribution >= 0.6 is 0 Å². The molecule has 0 heterocycles. The lowest BCUT2D eigenvalue weighted by Gasteiger charge is -2.20. The maximum atomic E-state index is 5.82. The van der Waals surface area contributed by atoms with Crippen LogP contribution in [0.3, 0.4) is 0 Å². The maximum absolute atomic E-state index is 5.82. The van der Waals surface area contributed by atoms with Gasteiger partial charge in [0.15, 0.2) is 0 Å². The summed E-state index contributed by atoms with van der Waals surface area (Å²) in [6.45, 7) is 2.21. The third-order valence-corrected chi connectivity index (χ3v) is 6.27. The number of benzene rings is 1. The minimum atomic E-state index is 0.471. The van der Waals surface area contributed by atoms with Gasteiger partial charge in [0.05, 0.1) is 25.2 Å². The Morgan fingerprint density at radius 2 is 1.46 bits per heavy atom. The van der Waals surface area contributed by atoms with Crippen LogP contribution in [-0.4, -0.2) is 25.2 Å². The number of hydrogen-bond donors (Lipinski definition) is 0. The van der Waals surface area contributed by atoms with Gasteiger partial charge in [-0.3, -0.25) is 0 Å². The first-order valence-electron chi connectivity index (χ1n) is 11.7. The zero-order chi connectivity index (χ0) is 19.3. The summed E-state index contributed by atoms with van der Waals surface area (Å²) in [6, 6.07) is 12.5. The van der Waals surface area contributed by atoms with Gasteiger partial charge in [-0.2, -0.15) is 0 Å². The van der Waals surface area contributed by atoms with E-state index in [-0.39, 0.29) is 0 Å². The standard InChI is InChI=1S/C25H38N2O/c1-2-5-10-23(11-6-3-1)24-16-14-22(15-17-24)20-28-19-9-18-26-21-27-25-12-7-4-8-13-25/h14-17,23,25H,1-13,18-20H2. The van der Waals surface area contributed by atoms with Crippen molar-refractivity contribution >= 4 is 6.01 Å². The van der Waals surface area contributed by atoms with E-state index in [4.69, 9.17) is 4.74 Å². The van der Waals surface area contributed by atoms with Crippen LogP contribution in [-0.2, 0) is 11.3 Å². The molecule has 1 aromatic carbocycles. The molecule has 0 unspecified atom stereocenters. The summed E-state index contributed by atoms with van der Waals surface area (Å²) >= 11 is 0. The normalized spacial score (nSPS) is 19.4. The lowest BCUT2D eigenvalue weighted by molar-refractivity contribution is 0.120. The quantitative estimate of drug-likeness (QED) is 0.354. The van der Waals surface area contributed by atoms with Gasteiger partial charge < -0.3 is 4.74 Å². The van der Waals surface area contributed by atoms with E-state index in [0.29, 0.717) is 12.6 Å². The molecular weight excluding hydrogens is 344 g/mol. The summed E-state index contributed by atoms with van der Waals surface area (Å²) < 4.78 is 5.82. The van der Waals surface area contributed by atoms with Crippen molar-refractivity contribution in [1.82, 2.24) is 0 Å². The molecule has 0 N–H and O–H groups in total. The number of rotatable bonds is 8. The first kappa shape index (κ1) is 21.3. The van der Waals surface area contributed by atoms with Crippen molar-refractivity contribution in [2.45, 2.75) is 102 Å². The topological polar surface area (TPSA) is 34.0 Å². The molecule has 2 aliphatic rings. The van der Waals surface area contributed by atoms with Crippen molar-refractivity contribution in [3.63, 3.8) is 0 Å². The van der Waals surface area contributed by atoms with E-state index in [1.54, 1.807) is 0 Å². The molecule has 2 aliphatic carbocycles. The Kier molecular flexibility index (Phi) is 9.81. The van der Waals surface area contributed by atoms with Gasteiger partial charge in [-0.15, -0.1) is 0 Å². The van der Waals surface area contributed by atoms with Gasteiger partial charge in [0.1, 0.15) is 0 Å². The largest absolute Gasteiger partial charge is 0.377 e. The van der Waals surface area contributed by atoms with Crippen molar-refractivity contribution in [2.24, 2.45) is 9.98 Å². The van der Waals surface area contributed by atoms with Crippen LogP contribution in [0.15, 0.2) is 34.3 Å². The van der Waals surface area contributed by atoms with E-state index < -0.39 is 0 Å². The highest BCUT2D eigenvalue weighted by Gasteiger charge is 2.13. The van der Waals surface area contributed by atoms with E-state index in [2.05, 4.69) is 40.3 Å². The maximum Gasteiger partial charge on any atom is 0.0895 e. The zero-order valence-electron chi connectivity index (χ0n) is 17.6. The molecule has 0 amide bonds. The predicted octanol–water partition coefficient (Wildman–Crippen LogP) is 6.93. The molecule has 3 rings (SSSR count). The van der Waals surface area contributed by atoms with Gasteiger partial charge in [0.2, 0.25) is 0 Å². The molecule has 0 spiro atoms. The summed E-state index contributed by atoms with van der Waals surface area (Å²) in [5.74, 6) is 0.767. The summed E-state index contributed by atoms with van der Waals surface area (Å²) in [5.41, 5.74) is 2.80. The molecule has 2 saturated carbocycles. The molecule has 0 aromatic heterocycles. The van der Waals surface area contributed by atoms with Crippen LogP contribution in [0.5, 0.6) is 0 Å². The van der Waals surface area contributed by atoms with Crippen molar-refractivity contribution in [2.75, 3.05) is 13.2 Å². The van der Waals surface area contributed by atoms with E-state index >= 15 is 0 Å². The molecule has 0 aliphatic heterocycles. The van der Waals surface area contributed by atoms with Gasteiger partial charge >= 0.3 is 0 Å². The average Bonchev–Trinajstić information content (AvgIpc) is 2.71. The second-order valence-corrected chi connectivity index (χ2v) is 8.59. The molecule has 0 radical (unpaired) electrons. The van der Waals surface area contributed by atoms with Crippen LogP contribution in [0.2, 0.25) is 0 Å². The Bertz CT molecular complexity index is 589. The molecule has 3 heteroatoms.